The predicted octanol–water partition coefficient (Wildman–Crippen LogP) is 1.74. The molecular formula is C15H23ClN2O3. The van der Waals surface area contributed by atoms with E-state index in [0.717, 1.165) is 19.4 Å². The number of benzene rings is 1. The van der Waals surface area contributed by atoms with Gasteiger partial charge in [0.15, 0.2) is 0 Å². The largest absolute Gasteiger partial charge is 0.491 e. The Morgan fingerprint density at radius 3 is 3.05 bits per heavy atom. The van der Waals surface area contributed by atoms with Gasteiger partial charge in [-0.1, -0.05) is 6.07 Å². The van der Waals surface area contributed by atoms with Crippen LogP contribution in [0.3, 0.4) is 0 Å². The van der Waals surface area contributed by atoms with Gasteiger partial charge >= 0.3 is 0 Å². The van der Waals surface area contributed by atoms with Gasteiger partial charge in [-0.25, -0.2) is 0 Å². The first-order chi connectivity index (χ1) is 9.69. The van der Waals surface area contributed by atoms with Crippen molar-refractivity contribution in [2.45, 2.75) is 31.9 Å². The van der Waals surface area contributed by atoms with Crippen molar-refractivity contribution in [3.05, 3.63) is 29.8 Å². The molecule has 3 N–H and O–H groups in total. The molecule has 0 bridgehead atoms. The highest BCUT2D eigenvalue weighted by molar-refractivity contribution is 5.94. The Labute approximate surface area is 131 Å². The molecule has 1 aliphatic rings. The molecule has 1 unspecified atom stereocenters. The van der Waals surface area contributed by atoms with E-state index < -0.39 is 0 Å². The van der Waals surface area contributed by atoms with Crippen molar-refractivity contribution in [2.75, 3.05) is 19.8 Å². The minimum Gasteiger partial charge on any atom is -0.491 e. The van der Waals surface area contributed by atoms with E-state index in [1.165, 1.54) is 0 Å². The van der Waals surface area contributed by atoms with Gasteiger partial charge in [-0.05, 0) is 38.0 Å². The molecule has 1 amide bonds. The van der Waals surface area contributed by atoms with E-state index >= 15 is 0 Å². The molecule has 0 radical (unpaired) electrons. The molecule has 1 saturated heterocycles. The maximum Gasteiger partial charge on any atom is 0.251 e. The highest BCUT2D eigenvalue weighted by Gasteiger charge is 2.16. The Bertz CT molecular complexity index is 450. The number of carbonyl (C=O) groups excluding carboxylic acids is 1. The van der Waals surface area contributed by atoms with Gasteiger partial charge in [0.2, 0.25) is 0 Å². The molecule has 1 aromatic carbocycles. The summed E-state index contributed by atoms with van der Waals surface area (Å²) >= 11 is 0. The zero-order valence-corrected chi connectivity index (χ0v) is 13.0. The summed E-state index contributed by atoms with van der Waals surface area (Å²) in [6, 6.07) is 7.12. The average Bonchev–Trinajstić information content (AvgIpc) is 2.98. The van der Waals surface area contributed by atoms with Crippen LogP contribution in [0.25, 0.3) is 0 Å². The van der Waals surface area contributed by atoms with Crippen molar-refractivity contribution >= 4 is 18.3 Å². The number of hydrogen-bond acceptors (Lipinski definition) is 4. The number of ether oxygens (including phenoxy) is 2. The first-order valence-corrected chi connectivity index (χ1v) is 7.04. The van der Waals surface area contributed by atoms with Crippen molar-refractivity contribution in [3.8, 4) is 5.75 Å². The lowest BCUT2D eigenvalue weighted by atomic mass is 10.2. The molecule has 0 aromatic heterocycles. The number of nitrogens with one attached hydrogen (secondary N) is 1. The Morgan fingerprint density at radius 1 is 1.57 bits per heavy atom. The minimum absolute atomic E-state index is 0. The molecule has 21 heavy (non-hydrogen) atoms. The summed E-state index contributed by atoms with van der Waals surface area (Å²) in [6.07, 6.45) is 2.30. The summed E-state index contributed by atoms with van der Waals surface area (Å²) in [4.78, 5) is 12.0. The molecule has 118 valence electrons. The summed E-state index contributed by atoms with van der Waals surface area (Å²) < 4.78 is 11.2. The second-order valence-corrected chi connectivity index (χ2v) is 5.08. The third kappa shape index (κ3) is 5.53. The normalized spacial score (nSPS) is 18.7. The van der Waals surface area contributed by atoms with Gasteiger partial charge < -0.3 is 20.5 Å². The monoisotopic (exact) mass is 314 g/mol. The summed E-state index contributed by atoms with van der Waals surface area (Å²) in [5, 5.41) is 2.83. The molecule has 0 saturated carbocycles. The van der Waals surface area contributed by atoms with Gasteiger partial charge in [-0.2, -0.15) is 0 Å². The van der Waals surface area contributed by atoms with E-state index in [2.05, 4.69) is 5.32 Å². The Hall–Kier alpha value is -1.30. The van der Waals surface area contributed by atoms with Crippen LogP contribution in [0.15, 0.2) is 24.3 Å². The molecule has 0 aliphatic carbocycles. The third-order valence-corrected chi connectivity index (χ3v) is 3.29. The number of amides is 1. The maximum atomic E-state index is 12.0. The molecule has 1 heterocycles. The smallest absolute Gasteiger partial charge is 0.251 e. The van der Waals surface area contributed by atoms with Crippen molar-refractivity contribution in [1.29, 1.82) is 0 Å². The second-order valence-electron chi connectivity index (χ2n) is 5.08. The summed E-state index contributed by atoms with van der Waals surface area (Å²) in [5.41, 5.74) is 6.07. The van der Waals surface area contributed by atoms with Gasteiger partial charge in [-0.3, -0.25) is 4.79 Å². The lowest BCUT2D eigenvalue weighted by Gasteiger charge is -2.13. The molecule has 2 atom stereocenters. The van der Waals surface area contributed by atoms with Gasteiger partial charge in [0.25, 0.3) is 5.91 Å². The highest BCUT2D eigenvalue weighted by atomic mass is 35.5. The SMILES string of the molecule is C[C@@H](CN)NC(=O)c1cccc(OCC2CCCO2)c1.Cl. The predicted molar refractivity (Wildman–Crippen MR) is 84.1 cm³/mol. The van der Waals surface area contributed by atoms with Crippen LogP contribution in [0.1, 0.15) is 30.1 Å². The van der Waals surface area contributed by atoms with E-state index in [1.807, 2.05) is 19.1 Å². The van der Waals surface area contributed by atoms with E-state index in [4.69, 9.17) is 15.2 Å². The van der Waals surface area contributed by atoms with Crippen molar-refractivity contribution < 1.29 is 14.3 Å². The topological polar surface area (TPSA) is 73.6 Å². The van der Waals surface area contributed by atoms with E-state index in [1.54, 1.807) is 12.1 Å². The lowest BCUT2D eigenvalue weighted by molar-refractivity contribution is 0.0679. The lowest BCUT2D eigenvalue weighted by Crippen LogP contribution is -2.37. The highest BCUT2D eigenvalue weighted by Crippen LogP contribution is 2.17. The second kappa shape index (κ2) is 8.87. The molecule has 5 nitrogen and oxygen atoms in total. The quantitative estimate of drug-likeness (QED) is 0.839. The van der Waals surface area contributed by atoms with Crippen LogP contribution in [-0.2, 0) is 4.74 Å². The van der Waals surface area contributed by atoms with Crippen molar-refractivity contribution in [1.82, 2.24) is 5.32 Å². The van der Waals surface area contributed by atoms with Gasteiger partial charge in [-0.15, -0.1) is 12.4 Å². The number of carbonyl (C=O) groups is 1. The summed E-state index contributed by atoms with van der Waals surface area (Å²) in [7, 11) is 0. The van der Waals surface area contributed by atoms with Crippen LogP contribution in [-0.4, -0.2) is 37.8 Å². The molecular weight excluding hydrogens is 292 g/mol. The van der Waals surface area contributed by atoms with Crippen molar-refractivity contribution in [2.24, 2.45) is 5.73 Å². The number of halogens is 1. The van der Waals surface area contributed by atoms with Crippen LogP contribution in [0, 0.1) is 0 Å². The molecule has 6 heteroatoms. The van der Waals surface area contributed by atoms with E-state index in [9.17, 15) is 4.79 Å². The fourth-order valence-electron chi connectivity index (χ4n) is 2.06. The Kier molecular flexibility index (Phi) is 7.50. The molecule has 1 aliphatic heterocycles. The fourth-order valence-corrected chi connectivity index (χ4v) is 2.06. The first-order valence-electron chi connectivity index (χ1n) is 7.04. The van der Waals surface area contributed by atoms with Gasteiger partial charge in [0.05, 0.1) is 6.10 Å². The average molecular weight is 315 g/mol. The molecule has 2 rings (SSSR count). The Morgan fingerprint density at radius 2 is 2.38 bits per heavy atom. The first kappa shape index (κ1) is 17.8. The minimum atomic E-state index is -0.134. The van der Waals surface area contributed by atoms with Gasteiger partial charge in [0.1, 0.15) is 12.4 Å². The molecule has 0 spiro atoms. The van der Waals surface area contributed by atoms with E-state index in [0.29, 0.717) is 24.5 Å². The van der Waals surface area contributed by atoms with E-state index in [-0.39, 0.29) is 30.5 Å². The zero-order valence-electron chi connectivity index (χ0n) is 12.2. The number of hydrogen-bond donors (Lipinski definition) is 2. The summed E-state index contributed by atoms with van der Waals surface area (Å²) in [6.45, 7) is 3.63. The third-order valence-electron chi connectivity index (χ3n) is 3.29. The van der Waals surface area contributed by atoms with Crippen LogP contribution in [0.5, 0.6) is 5.75 Å². The van der Waals surface area contributed by atoms with Gasteiger partial charge in [0, 0.05) is 24.8 Å². The molecule has 1 aromatic rings. The van der Waals surface area contributed by atoms with Crippen LogP contribution >= 0.6 is 12.4 Å². The molecule has 1 fully saturated rings. The number of nitrogens with two attached hydrogens (primary N) is 1. The Balaban J connectivity index is 0.00000220. The zero-order chi connectivity index (χ0) is 14.4. The maximum absolute atomic E-state index is 12.0. The fraction of sp³-hybridized carbons (Fsp3) is 0.533. The van der Waals surface area contributed by atoms with Crippen LogP contribution < -0.4 is 15.8 Å². The van der Waals surface area contributed by atoms with Crippen LogP contribution in [0.4, 0.5) is 0 Å². The number of rotatable bonds is 6. The summed E-state index contributed by atoms with van der Waals surface area (Å²) in [5.74, 6) is 0.555. The van der Waals surface area contributed by atoms with Crippen molar-refractivity contribution in [3.63, 3.8) is 0 Å². The standard InChI is InChI=1S/C15H22N2O3.ClH/c1-11(9-16)17-15(18)12-4-2-5-13(8-12)20-10-14-6-3-7-19-14;/h2,4-5,8,11,14H,3,6-7,9-10,16H2,1H3,(H,17,18);1H/t11-,14?;/m0./s1. The van der Waals surface area contributed by atoms with Crippen LogP contribution in [0.2, 0.25) is 0 Å².